The van der Waals surface area contributed by atoms with E-state index >= 15 is 0 Å². The number of ketones is 2. The van der Waals surface area contributed by atoms with Crippen molar-refractivity contribution in [2.24, 2.45) is 11.8 Å². The van der Waals surface area contributed by atoms with Gasteiger partial charge in [-0.25, -0.2) is 0 Å². The molecule has 1 rings (SSSR count). The second kappa shape index (κ2) is 14.7. The van der Waals surface area contributed by atoms with Crippen molar-refractivity contribution in [1.82, 2.24) is 16.0 Å². The molecule has 11 nitrogen and oxygen atoms in total. The topological polar surface area (TPSA) is 168 Å². The molecule has 0 aliphatic carbocycles. The first-order chi connectivity index (χ1) is 17.2. The minimum absolute atomic E-state index is 0.0740. The highest BCUT2D eigenvalue weighted by atomic mass is 16.5. The number of carbonyl (C=O) groups is 6. The summed E-state index contributed by atoms with van der Waals surface area (Å²) in [6.07, 6.45) is -0.663. The lowest BCUT2D eigenvalue weighted by molar-refractivity contribution is -0.140. The van der Waals surface area contributed by atoms with Gasteiger partial charge in [0.25, 0.3) is 0 Å². The van der Waals surface area contributed by atoms with E-state index in [-0.39, 0.29) is 30.4 Å². The fourth-order valence-corrected chi connectivity index (χ4v) is 3.50. The number of benzene rings is 1. The molecule has 2 atom stereocenters. The zero-order valence-corrected chi connectivity index (χ0v) is 22.2. The normalized spacial score (nSPS) is 12.4. The third-order valence-corrected chi connectivity index (χ3v) is 5.44. The Bertz CT molecular complexity index is 1020. The summed E-state index contributed by atoms with van der Waals surface area (Å²) in [5.41, 5.74) is 0.851. The fourth-order valence-electron chi connectivity index (χ4n) is 3.50. The first-order valence-electron chi connectivity index (χ1n) is 12.0. The molecule has 37 heavy (non-hydrogen) atoms. The second-order valence-electron chi connectivity index (χ2n) is 9.55. The van der Waals surface area contributed by atoms with Gasteiger partial charge in [-0.2, -0.15) is 0 Å². The van der Waals surface area contributed by atoms with E-state index in [1.54, 1.807) is 32.0 Å². The maximum absolute atomic E-state index is 13.0. The van der Waals surface area contributed by atoms with E-state index in [0.717, 1.165) is 0 Å². The fraction of sp³-hybridized carbons (Fsp3) is 0.538. The van der Waals surface area contributed by atoms with Crippen molar-refractivity contribution >= 4 is 35.3 Å². The Kier molecular flexibility index (Phi) is 12.4. The van der Waals surface area contributed by atoms with Gasteiger partial charge in [0.15, 0.2) is 11.6 Å². The van der Waals surface area contributed by atoms with Crippen LogP contribution in [0, 0.1) is 11.8 Å². The van der Waals surface area contributed by atoms with E-state index in [4.69, 9.17) is 4.74 Å². The molecule has 1 aromatic carbocycles. The van der Waals surface area contributed by atoms with Crippen molar-refractivity contribution in [3.8, 4) is 5.75 Å². The first kappa shape index (κ1) is 31.3. The van der Waals surface area contributed by atoms with Gasteiger partial charge in [0.2, 0.25) is 17.7 Å². The van der Waals surface area contributed by atoms with Crippen LogP contribution in [0.5, 0.6) is 5.75 Å². The summed E-state index contributed by atoms with van der Waals surface area (Å²) in [6, 6.07) is 2.23. The zero-order chi connectivity index (χ0) is 28.3. The summed E-state index contributed by atoms with van der Waals surface area (Å²) in [5.74, 6) is -3.72. The van der Waals surface area contributed by atoms with Gasteiger partial charge in [-0.15, -0.1) is 0 Å². The third-order valence-electron chi connectivity index (χ3n) is 5.44. The lowest BCUT2D eigenvalue weighted by Crippen LogP contribution is -2.55. The van der Waals surface area contributed by atoms with E-state index in [2.05, 4.69) is 16.0 Å². The second-order valence-corrected chi connectivity index (χ2v) is 9.55. The molecule has 0 radical (unpaired) electrons. The standard InChI is InChI=1S/C26H37N3O8/c1-14(2)9-22(32)27-13-20(31)19(12-24(34)35)28-26(36)25(15(3)4)29-23(33)11-18-10-17(16(5)30)7-8-21(18)37-6/h7-8,10,14-15,19,25H,9,11-13H2,1-6H3,(H,27,32)(H,28,36)(H,29,33)(H,34,35)/t19-,25-/m0/s1. The van der Waals surface area contributed by atoms with Crippen LogP contribution in [0.4, 0.5) is 0 Å². The average Bonchev–Trinajstić information content (AvgIpc) is 2.79. The minimum atomic E-state index is -1.39. The SMILES string of the molecule is COc1ccc(C(C)=O)cc1CC(=O)N[C@H](C(=O)N[C@@H](CC(=O)O)C(=O)CNC(=O)CC(C)C)C(C)C. The van der Waals surface area contributed by atoms with E-state index in [0.29, 0.717) is 16.9 Å². The van der Waals surface area contributed by atoms with Gasteiger partial charge in [-0.1, -0.05) is 27.7 Å². The van der Waals surface area contributed by atoms with Crippen LogP contribution < -0.4 is 20.7 Å². The lowest BCUT2D eigenvalue weighted by Gasteiger charge is -2.25. The van der Waals surface area contributed by atoms with Crippen LogP contribution in [0.3, 0.4) is 0 Å². The summed E-state index contributed by atoms with van der Waals surface area (Å²) in [7, 11) is 1.43. The Labute approximate surface area is 216 Å². The van der Waals surface area contributed by atoms with Crippen LogP contribution in [0.2, 0.25) is 0 Å². The summed E-state index contributed by atoms with van der Waals surface area (Å²) < 4.78 is 5.26. The molecule has 11 heteroatoms. The van der Waals surface area contributed by atoms with E-state index in [1.807, 2.05) is 13.8 Å². The highest BCUT2D eigenvalue weighted by Gasteiger charge is 2.30. The predicted molar refractivity (Wildman–Crippen MR) is 135 cm³/mol. The highest BCUT2D eigenvalue weighted by molar-refractivity contribution is 5.97. The molecule has 0 spiro atoms. The number of nitrogens with one attached hydrogen (secondary N) is 3. The van der Waals surface area contributed by atoms with Crippen molar-refractivity contribution < 1.29 is 38.6 Å². The van der Waals surface area contributed by atoms with Crippen molar-refractivity contribution in [2.75, 3.05) is 13.7 Å². The van der Waals surface area contributed by atoms with Gasteiger partial charge in [0.1, 0.15) is 11.8 Å². The zero-order valence-electron chi connectivity index (χ0n) is 22.2. The van der Waals surface area contributed by atoms with E-state index < -0.39 is 54.5 Å². The number of methoxy groups -OCH3 is 1. The molecule has 0 unspecified atom stereocenters. The van der Waals surface area contributed by atoms with Gasteiger partial charge >= 0.3 is 5.97 Å². The van der Waals surface area contributed by atoms with Crippen LogP contribution in [0.1, 0.15) is 63.4 Å². The maximum Gasteiger partial charge on any atom is 0.305 e. The van der Waals surface area contributed by atoms with Crippen molar-refractivity contribution in [3.05, 3.63) is 29.3 Å². The molecule has 0 aromatic heterocycles. The Morgan fingerprint density at radius 3 is 2.11 bits per heavy atom. The number of amides is 3. The van der Waals surface area contributed by atoms with Gasteiger partial charge < -0.3 is 25.8 Å². The maximum atomic E-state index is 13.0. The quantitative estimate of drug-likeness (QED) is 0.251. The number of Topliss-reactive ketones (excluding diaryl/α,β-unsaturated/α-hetero) is 2. The van der Waals surface area contributed by atoms with Crippen molar-refractivity contribution in [2.45, 2.75) is 66.0 Å². The summed E-state index contributed by atoms with van der Waals surface area (Å²) in [6.45, 7) is 8.00. The van der Waals surface area contributed by atoms with Crippen LogP contribution in [-0.2, 0) is 30.4 Å². The summed E-state index contributed by atoms with van der Waals surface area (Å²) in [5, 5.41) is 16.7. The van der Waals surface area contributed by atoms with E-state index in [1.165, 1.54) is 14.0 Å². The lowest BCUT2D eigenvalue weighted by atomic mass is 10.00. The number of ether oxygens (including phenoxy) is 1. The third kappa shape index (κ3) is 10.8. The molecule has 0 saturated heterocycles. The van der Waals surface area contributed by atoms with Crippen molar-refractivity contribution in [3.63, 3.8) is 0 Å². The van der Waals surface area contributed by atoms with Crippen LogP contribution in [-0.4, -0.2) is 66.1 Å². The first-order valence-corrected chi connectivity index (χ1v) is 12.0. The summed E-state index contributed by atoms with van der Waals surface area (Å²) in [4.78, 5) is 73.3. The molecule has 4 N–H and O–H groups in total. The Morgan fingerprint density at radius 1 is 0.946 bits per heavy atom. The highest BCUT2D eigenvalue weighted by Crippen LogP contribution is 2.21. The molecule has 204 valence electrons. The number of carboxylic acids is 1. The monoisotopic (exact) mass is 519 g/mol. The number of aliphatic carboxylic acids is 1. The number of hydrogen-bond donors (Lipinski definition) is 4. The van der Waals surface area contributed by atoms with E-state index in [9.17, 15) is 33.9 Å². The molecule has 3 amide bonds. The Balaban J connectivity index is 2.95. The van der Waals surface area contributed by atoms with Gasteiger partial charge in [0.05, 0.1) is 32.5 Å². The minimum Gasteiger partial charge on any atom is -0.496 e. The Morgan fingerprint density at radius 2 is 1.59 bits per heavy atom. The predicted octanol–water partition coefficient (Wildman–Crippen LogP) is 1.27. The number of carboxylic acid groups (broad SMARTS) is 1. The summed E-state index contributed by atoms with van der Waals surface area (Å²) >= 11 is 0. The molecule has 0 fully saturated rings. The average molecular weight is 520 g/mol. The largest absolute Gasteiger partial charge is 0.496 e. The van der Waals surface area contributed by atoms with Gasteiger partial charge in [0, 0.05) is 17.5 Å². The van der Waals surface area contributed by atoms with Crippen molar-refractivity contribution in [1.29, 1.82) is 0 Å². The van der Waals surface area contributed by atoms with Gasteiger partial charge in [-0.3, -0.25) is 28.8 Å². The van der Waals surface area contributed by atoms with Crippen LogP contribution in [0.25, 0.3) is 0 Å². The molecule has 1 aromatic rings. The van der Waals surface area contributed by atoms with Crippen LogP contribution >= 0.6 is 0 Å². The molecule has 0 aliphatic heterocycles. The molecular formula is C26H37N3O8. The smallest absolute Gasteiger partial charge is 0.305 e. The molecule has 0 heterocycles. The van der Waals surface area contributed by atoms with Gasteiger partial charge in [-0.05, 0) is 37.0 Å². The molecule has 0 aliphatic rings. The van der Waals surface area contributed by atoms with Crippen LogP contribution in [0.15, 0.2) is 18.2 Å². The molecule has 0 saturated carbocycles. The number of carbonyl (C=O) groups excluding carboxylic acids is 5. The Hall–Kier alpha value is -3.76. The molecule has 0 bridgehead atoms. The molecular weight excluding hydrogens is 482 g/mol. The number of hydrogen-bond acceptors (Lipinski definition) is 7. The number of rotatable bonds is 15.